The summed E-state index contributed by atoms with van der Waals surface area (Å²) in [5, 5.41) is 27.5. The van der Waals surface area contributed by atoms with Crippen LogP contribution in [0, 0.1) is 0 Å². The summed E-state index contributed by atoms with van der Waals surface area (Å²) in [5.41, 5.74) is 0. The number of hydrogen-bond donors (Lipinski definition) is 5. The molecule has 3 amide bonds. The molecule has 0 heterocycles. The number of carbonyl (C=O) groups is 10. The molecule has 0 aromatic rings. The Morgan fingerprint density at radius 1 is 0.536 bits per heavy atom. The zero-order chi connectivity index (χ0) is 42.5. The van der Waals surface area contributed by atoms with Crippen molar-refractivity contribution in [2.45, 2.75) is 149 Å². The van der Waals surface area contributed by atoms with Crippen molar-refractivity contribution in [2.24, 2.45) is 0 Å². The number of nitrogens with zero attached hydrogens (tertiary/aromatic N) is 2. The van der Waals surface area contributed by atoms with Gasteiger partial charge in [-0.3, -0.25) is 43.2 Å². The maximum absolute atomic E-state index is 13.1. The Labute approximate surface area is 325 Å². The lowest BCUT2D eigenvalue weighted by Gasteiger charge is -2.24. The minimum atomic E-state index is -1.74. The van der Waals surface area contributed by atoms with Crippen molar-refractivity contribution in [1.29, 1.82) is 0 Å². The number of aldehydes is 1. The molecular formula is C35H57N5O16. The first kappa shape index (κ1) is 50.8. The van der Waals surface area contributed by atoms with Crippen molar-refractivity contribution in [1.82, 2.24) is 26.4 Å². The fourth-order valence-corrected chi connectivity index (χ4v) is 5.05. The normalized spacial score (nSPS) is 12.4. The molecule has 56 heavy (non-hydrogen) atoms. The number of amides is 3. The number of carbonyl (C=O) groups excluding carboxylic acids is 8. The van der Waals surface area contributed by atoms with E-state index >= 15 is 0 Å². The molecular weight excluding hydrogens is 746 g/mol. The Hall–Kier alpha value is -5.18. The molecule has 0 radical (unpaired) electrons. The molecule has 0 aliphatic carbocycles. The number of unbranched alkanes of at least 4 members (excludes halogenated alkanes) is 9. The molecule has 5 N–H and O–H groups in total. The summed E-state index contributed by atoms with van der Waals surface area (Å²) in [7, 11) is 0. The molecule has 318 valence electrons. The van der Waals surface area contributed by atoms with Crippen LogP contribution >= 0.6 is 0 Å². The van der Waals surface area contributed by atoms with Gasteiger partial charge in [-0.15, -0.1) is 0 Å². The predicted octanol–water partition coefficient (Wildman–Crippen LogP) is 1.57. The van der Waals surface area contributed by atoms with Crippen LogP contribution in [0.1, 0.15) is 130 Å². The fraction of sp³-hybridized carbons (Fsp3) is 0.714. The van der Waals surface area contributed by atoms with E-state index in [1.54, 1.807) is 0 Å². The first-order valence-corrected chi connectivity index (χ1v) is 18.5. The number of hydroxylamine groups is 4. The largest absolute Gasteiger partial charge is 0.480 e. The number of nitrogens with one attached hydrogen (secondary N) is 3. The second-order valence-electron chi connectivity index (χ2n) is 12.7. The number of aliphatic carboxylic acids is 2. The smallest absolute Gasteiger partial charge is 0.328 e. The van der Waals surface area contributed by atoms with Crippen LogP contribution in [0.5, 0.6) is 0 Å². The van der Waals surface area contributed by atoms with Gasteiger partial charge in [-0.1, -0.05) is 38.5 Å². The molecule has 0 aromatic heterocycles. The van der Waals surface area contributed by atoms with Crippen molar-refractivity contribution < 1.29 is 77.5 Å². The van der Waals surface area contributed by atoms with Crippen molar-refractivity contribution >= 4 is 59.8 Å². The average molecular weight is 804 g/mol. The van der Waals surface area contributed by atoms with Gasteiger partial charge in [0.15, 0.2) is 12.1 Å². The van der Waals surface area contributed by atoms with E-state index < -0.39 is 84.5 Å². The number of rotatable bonds is 32. The van der Waals surface area contributed by atoms with Gasteiger partial charge in [-0.05, 0) is 44.9 Å². The molecule has 0 saturated heterocycles. The average Bonchev–Trinajstić information content (AvgIpc) is 3.08. The van der Waals surface area contributed by atoms with E-state index in [-0.39, 0.29) is 36.3 Å². The highest BCUT2D eigenvalue weighted by Gasteiger charge is 2.34. The van der Waals surface area contributed by atoms with Gasteiger partial charge in [0.2, 0.25) is 17.7 Å². The van der Waals surface area contributed by atoms with Gasteiger partial charge in [0, 0.05) is 70.5 Å². The van der Waals surface area contributed by atoms with Gasteiger partial charge in [0.25, 0.3) is 0 Å². The van der Waals surface area contributed by atoms with Crippen molar-refractivity contribution in [3.05, 3.63) is 0 Å². The SMILES string of the molecule is CC(=O)ON(OC(C)=O)C(CCC(=O)NCCCCC(NC(=O)CCC(C(=O)O)N(OC(C)=O)OC(C)=O)C(=O)NCCCCCCCCCCC=O)C(=O)O. The molecule has 0 spiro atoms. The van der Waals surface area contributed by atoms with Gasteiger partial charge in [0.05, 0.1) is 0 Å². The minimum absolute atomic E-state index is 0.107. The summed E-state index contributed by atoms with van der Waals surface area (Å²) in [6.07, 6.45) is 8.12. The molecule has 0 fully saturated rings. The van der Waals surface area contributed by atoms with Crippen molar-refractivity contribution in [2.75, 3.05) is 13.1 Å². The zero-order valence-electron chi connectivity index (χ0n) is 32.5. The molecule has 21 heteroatoms. The fourth-order valence-electron chi connectivity index (χ4n) is 5.05. The number of carboxylic acid groups (broad SMARTS) is 2. The molecule has 0 bridgehead atoms. The van der Waals surface area contributed by atoms with Crippen LogP contribution < -0.4 is 16.0 Å². The lowest BCUT2D eigenvalue weighted by molar-refractivity contribution is -0.340. The molecule has 0 aliphatic rings. The van der Waals surface area contributed by atoms with Gasteiger partial charge in [-0.2, -0.15) is 0 Å². The molecule has 3 unspecified atom stereocenters. The predicted molar refractivity (Wildman–Crippen MR) is 191 cm³/mol. The van der Waals surface area contributed by atoms with Crippen LogP contribution in [-0.4, -0.2) is 112 Å². The van der Waals surface area contributed by atoms with Crippen molar-refractivity contribution in [3.63, 3.8) is 0 Å². The summed E-state index contributed by atoms with van der Waals surface area (Å²) < 4.78 is 0. The van der Waals surface area contributed by atoms with Crippen LogP contribution in [-0.2, 0) is 67.3 Å². The third kappa shape index (κ3) is 25.8. The van der Waals surface area contributed by atoms with E-state index in [4.69, 9.17) is 0 Å². The number of carboxylic acids is 2. The van der Waals surface area contributed by atoms with E-state index in [1.165, 1.54) is 0 Å². The van der Waals surface area contributed by atoms with Crippen LogP contribution in [0.25, 0.3) is 0 Å². The van der Waals surface area contributed by atoms with E-state index in [2.05, 4.69) is 35.3 Å². The van der Waals surface area contributed by atoms with Crippen LogP contribution in [0.4, 0.5) is 0 Å². The van der Waals surface area contributed by atoms with E-state index in [0.29, 0.717) is 32.2 Å². The molecule has 0 aliphatic heterocycles. The lowest BCUT2D eigenvalue weighted by Crippen LogP contribution is -2.48. The summed E-state index contributed by atoms with van der Waals surface area (Å²) in [5.74, 6) is -8.70. The van der Waals surface area contributed by atoms with Gasteiger partial charge in [0.1, 0.15) is 12.3 Å². The van der Waals surface area contributed by atoms with Crippen LogP contribution in [0.2, 0.25) is 0 Å². The Morgan fingerprint density at radius 2 is 0.929 bits per heavy atom. The monoisotopic (exact) mass is 803 g/mol. The van der Waals surface area contributed by atoms with Crippen LogP contribution in [0.15, 0.2) is 0 Å². The van der Waals surface area contributed by atoms with Crippen LogP contribution in [0.3, 0.4) is 0 Å². The molecule has 3 atom stereocenters. The van der Waals surface area contributed by atoms with E-state index in [0.717, 1.165) is 78.9 Å². The maximum Gasteiger partial charge on any atom is 0.328 e. The molecule has 0 saturated carbocycles. The third-order valence-corrected chi connectivity index (χ3v) is 7.68. The lowest BCUT2D eigenvalue weighted by atomic mass is 10.1. The summed E-state index contributed by atoms with van der Waals surface area (Å²) >= 11 is 0. The Bertz CT molecular complexity index is 1280. The summed E-state index contributed by atoms with van der Waals surface area (Å²) in [6, 6.07) is -4.45. The highest BCUT2D eigenvalue weighted by Crippen LogP contribution is 2.13. The first-order valence-electron chi connectivity index (χ1n) is 18.5. The maximum atomic E-state index is 13.1. The molecule has 21 nitrogen and oxygen atoms in total. The van der Waals surface area contributed by atoms with E-state index in [9.17, 15) is 58.2 Å². The van der Waals surface area contributed by atoms with Crippen molar-refractivity contribution in [3.8, 4) is 0 Å². The van der Waals surface area contributed by atoms with Gasteiger partial charge in [-0.25, -0.2) is 0 Å². The quantitative estimate of drug-likeness (QED) is 0.0366. The van der Waals surface area contributed by atoms with Gasteiger partial charge >= 0.3 is 35.8 Å². The first-order chi connectivity index (χ1) is 26.5. The second-order valence-corrected chi connectivity index (χ2v) is 12.7. The third-order valence-electron chi connectivity index (χ3n) is 7.68. The highest BCUT2D eigenvalue weighted by atomic mass is 17.0. The standard InChI is InChI=1S/C35H57N5O16/c1-24(42)53-39(54-25(2)43)29(34(49)50)17-19-31(46)36-21-14-12-16-28(33(48)37-22-13-10-8-6-5-7-9-11-15-23-41)38-32(47)20-18-30(35(51)52)40(55-26(3)44)56-27(4)45/h23,28-30H,5-22H2,1-4H3,(H,36,46)(H,37,48)(H,38,47)(H,49,50)(H,51,52). The molecule has 0 rings (SSSR count). The Balaban J connectivity index is 5.27. The number of hydrogen-bond acceptors (Lipinski definition) is 16. The van der Waals surface area contributed by atoms with Gasteiger partial charge < -0.3 is 50.3 Å². The highest BCUT2D eigenvalue weighted by molar-refractivity contribution is 5.88. The minimum Gasteiger partial charge on any atom is -0.480 e. The Morgan fingerprint density at radius 3 is 1.36 bits per heavy atom. The zero-order valence-corrected chi connectivity index (χ0v) is 32.5. The topological polar surface area (TPSA) is 291 Å². The molecule has 0 aromatic carbocycles. The summed E-state index contributed by atoms with van der Waals surface area (Å²) in [6.45, 7) is 4.30. The second kappa shape index (κ2) is 30.1. The van der Waals surface area contributed by atoms with E-state index in [1.807, 2.05) is 0 Å². The Kier molecular flexibility index (Phi) is 27.3. The summed E-state index contributed by atoms with van der Waals surface area (Å²) in [4.78, 5) is 137.